The third kappa shape index (κ3) is 5.52. The van der Waals surface area contributed by atoms with Gasteiger partial charge in [0.1, 0.15) is 0 Å². The Kier molecular flexibility index (Phi) is 9.09. The molecule has 30 heavy (non-hydrogen) atoms. The summed E-state index contributed by atoms with van der Waals surface area (Å²) in [6.45, 7) is 8.24. The van der Waals surface area contributed by atoms with Crippen LogP contribution < -0.4 is 5.32 Å². The monoisotopic (exact) mass is 455 g/mol. The molecule has 0 spiro atoms. The molecule has 166 valence electrons. The van der Waals surface area contributed by atoms with Crippen molar-refractivity contribution in [1.29, 1.82) is 0 Å². The Balaban J connectivity index is 0.00000160. The molecule has 3 heterocycles. The molecule has 1 amide bonds. The maximum Gasteiger partial charge on any atom is 0.244 e. The number of hydrogen-bond donors (Lipinski definition) is 1. The normalized spacial score (nSPS) is 20.7. The molecule has 9 heteroatoms. The molecule has 2 aliphatic rings. The first-order valence-corrected chi connectivity index (χ1v) is 10.3. The summed E-state index contributed by atoms with van der Waals surface area (Å²) in [4.78, 5) is 21.6. The third-order valence-electron chi connectivity index (χ3n) is 5.89. The Labute approximate surface area is 190 Å². The van der Waals surface area contributed by atoms with Crippen molar-refractivity contribution in [1.82, 2.24) is 25.3 Å². The smallest absolute Gasteiger partial charge is 0.244 e. The van der Waals surface area contributed by atoms with Crippen LogP contribution in [0.15, 0.2) is 28.8 Å². The van der Waals surface area contributed by atoms with Gasteiger partial charge in [0.2, 0.25) is 17.6 Å². The first-order valence-electron chi connectivity index (χ1n) is 10.3. The summed E-state index contributed by atoms with van der Waals surface area (Å²) in [6, 6.07) is 8.16. The highest BCUT2D eigenvalue weighted by atomic mass is 35.5. The van der Waals surface area contributed by atoms with E-state index < -0.39 is 0 Å². The van der Waals surface area contributed by atoms with Crippen LogP contribution in [0.3, 0.4) is 0 Å². The second-order valence-corrected chi connectivity index (χ2v) is 7.86. The van der Waals surface area contributed by atoms with E-state index in [0.717, 1.165) is 51.1 Å². The van der Waals surface area contributed by atoms with Gasteiger partial charge in [-0.1, -0.05) is 41.4 Å². The molecule has 2 aliphatic heterocycles. The highest BCUT2D eigenvalue weighted by molar-refractivity contribution is 5.85. The Hall–Kier alpha value is -1.67. The highest BCUT2D eigenvalue weighted by Gasteiger charge is 2.31. The van der Waals surface area contributed by atoms with Gasteiger partial charge in [-0.05, 0) is 33.2 Å². The Bertz CT molecular complexity index is 800. The molecule has 2 atom stereocenters. The van der Waals surface area contributed by atoms with Crippen LogP contribution >= 0.6 is 24.8 Å². The number of benzene rings is 1. The average Bonchev–Trinajstić information content (AvgIpc) is 3.24. The maximum absolute atomic E-state index is 12.7. The van der Waals surface area contributed by atoms with E-state index in [0.29, 0.717) is 11.7 Å². The minimum absolute atomic E-state index is 0. The summed E-state index contributed by atoms with van der Waals surface area (Å²) >= 11 is 0. The topological polar surface area (TPSA) is 74.5 Å². The van der Waals surface area contributed by atoms with Crippen LogP contribution in [0.25, 0.3) is 11.4 Å². The van der Waals surface area contributed by atoms with Gasteiger partial charge in [-0.2, -0.15) is 4.98 Å². The quantitative estimate of drug-likeness (QED) is 0.762. The van der Waals surface area contributed by atoms with Crippen molar-refractivity contribution in [3.05, 3.63) is 35.7 Å². The van der Waals surface area contributed by atoms with Gasteiger partial charge in [0, 0.05) is 31.7 Å². The summed E-state index contributed by atoms with van der Waals surface area (Å²) < 4.78 is 5.54. The predicted molar refractivity (Wildman–Crippen MR) is 121 cm³/mol. The zero-order valence-corrected chi connectivity index (χ0v) is 19.2. The molecule has 1 aromatic carbocycles. The summed E-state index contributed by atoms with van der Waals surface area (Å²) in [5.41, 5.74) is 2.17. The number of piperazine rings is 1. The number of carbonyl (C=O) groups is 1. The molecule has 7 nitrogen and oxygen atoms in total. The summed E-state index contributed by atoms with van der Waals surface area (Å²) in [7, 11) is 0. The summed E-state index contributed by atoms with van der Waals surface area (Å²) in [5, 5.41) is 7.51. The van der Waals surface area contributed by atoms with Crippen molar-refractivity contribution in [2.45, 2.75) is 45.2 Å². The number of carbonyl (C=O) groups excluding carboxylic acids is 1. The van der Waals surface area contributed by atoms with Gasteiger partial charge in [0.25, 0.3) is 0 Å². The molecular formula is C21H31Cl2N5O2. The number of aromatic nitrogens is 2. The first kappa shape index (κ1) is 24.6. The molecule has 1 N–H and O–H groups in total. The van der Waals surface area contributed by atoms with Gasteiger partial charge < -0.3 is 14.7 Å². The molecule has 0 aliphatic carbocycles. The van der Waals surface area contributed by atoms with Gasteiger partial charge in [-0.15, -0.1) is 24.8 Å². The number of nitrogens with one attached hydrogen (secondary N) is 1. The Morgan fingerprint density at radius 3 is 2.47 bits per heavy atom. The van der Waals surface area contributed by atoms with Gasteiger partial charge in [-0.25, -0.2) is 0 Å². The lowest BCUT2D eigenvalue weighted by atomic mass is 10.0. The van der Waals surface area contributed by atoms with E-state index in [1.165, 1.54) is 12.0 Å². The summed E-state index contributed by atoms with van der Waals surface area (Å²) in [5.74, 6) is 1.51. The standard InChI is InChI=1S/C21H29N5O2.2ClH/c1-15-6-8-17(9-7-15)19-23-20(28-24-19)16(2)25-11-13-26(14-12-25)21(27)18-5-3-4-10-22-18;;/h6-9,16,18,22H,3-5,10-14H2,1-2H3;2*1H. The molecule has 0 saturated carbocycles. The van der Waals surface area contributed by atoms with E-state index in [9.17, 15) is 4.79 Å². The van der Waals surface area contributed by atoms with Crippen LogP contribution in [0.5, 0.6) is 0 Å². The first-order chi connectivity index (χ1) is 13.6. The van der Waals surface area contributed by atoms with Gasteiger partial charge in [-0.3, -0.25) is 9.69 Å². The van der Waals surface area contributed by atoms with Crippen LogP contribution in [0.4, 0.5) is 0 Å². The van der Waals surface area contributed by atoms with Crippen molar-refractivity contribution in [2.24, 2.45) is 0 Å². The van der Waals surface area contributed by atoms with Crippen LogP contribution in [0.1, 0.15) is 43.7 Å². The minimum atomic E-state index is 0. The van der Waals surface area contributed by atoms with Crippen molar-refractivity contribution in [3.63, 3.8) is 0 Å². The van der Waals surface area contributed by atoms with Crippen LogP contribution in [-0.2, 0) is 4.79 Å². The number of amides is 1. The van der Waals surface area contributed by atoms with E-state index in [4.69, 9.17) is 4.52 Å². The molecule has 2 saturated heterocycles. The van der Waals surface area contributed by atoms with Crippen molar-refractivity contribution in [3.8, 4) is 11.4 Å². The fraction of sp³-hybridized carbons (Fsp3) is 0.571. The second-order valence-electron chi connectivity index (χ2n) is 7.86. The van der Waals surface area contributed by atoms with Crippen molar-refractivity contribution >= 4 is 30.7 Å². The van der Waals surface area contributed by atoms with Crippen LogP contribution in [0.2, 0.25) is 0 Å². The van der Waals surface area contributed by atoms with E-state index in [1.807, 2.05) is 29.2 Å². The predicted octanol–water partition coefficient (Wildman–Crippen LogP) is 3.24. The van der Waals surface area contributed by atoms with Gasteiger partial charge in [0.15, 0.2) is 0 Å². The lowest BCUT2D eigenvalue weighted by Crippen LogP contribution is -2.55. The lowest BCUT2D eigenvalue weighted by molar-refractivity contribution is -0.136. The largest absolute Gasteiger partial charge is 0.339 e. The van der Waals surface area contributed by atoms with E-state index >= 15 is 0 Å². The van der Waals surface area contributed by atoms with Crippen molar-refractivity contribution < 1.29 is 9.32 Å². The van der Waals surface area contributed by atoms with Crippen molar-refractivity contribution in [2.75, 3.05) is 32.7 Å². The zero-order chi connectivity index (χ0) is 19.5. The second kappa shape index (κ2) is 11.1. The highest BCUT2D eigenvalue weighted by Crippen LogP contribution is 2.24. The molecular weight excluding hydrogens is 425 g/mol. The fourth-order valence-electron chi connectivity index (χ4n) is 3.99. The van der Waals surface area contributed by atoms with Gasteiger partial charge in [0.05, 0.1) is 12.1 Å². The Morgan fingerprint density at radius 2 is 1.83 bits per heavy atom. The number of rotatable bonds is 4. The molecule has 2 unspecified atom stereocenters. The summed E-state index contributed by atoms with van der Waals surface area (Å²) in [6.07, 6.45) is 3.27. The maximum atomic E-state index is 12.7. The SMILES string of the molecule is Cc1ccc(-c2noc(C(C)N3CCN(C(=O)C4CCCCN4)CC3)n2)cc1.Cl.Cl. The van der Waals surface area contributed by atoms with Gasteiger partial charge >= 0.3 is 0 Å². The minimum Gasteiger partial charge on any atom is -0.339 e. The molecule has 2 aromatic rings. The zero-order valence-electron chi connectivity index (χ0n) is 17.5. The lowest BCUT2D eigenvalue weighted by Gasteiger charge is -2.38. The number of hydrogen-bond acceptors (Lipinski definition) is 6. The third-order valence-corrected chi connectivity index (χ3v) is 5.89. The number of piperidine rings is 1. The molecule has 0 radical (unpaired) electrons. The average molecular weight is 456 g/mol. The molecule has 4 rings (SSSR count). The number of aryl methyl sites for hydroxylation is 1. The van der Waals surface area contributed by atoms with E-state index in [2.05, 4.69) is 34.2 Å². The number of nitrogens with zero attached hydrogens (tertiary/aromatic N) is 4. The number of halogens is 2. The molecule has 1 aromatic heterocycles. The van der Waals surface area contributed by atoms with E-state index in [1.54, 1.807) is 0 Å². The van der Waals surface area contributed by atoms with Crippen LogP contribution in [-0.4, -0.2) is 64.6 Å². The van der Waals surface area contributed by atoms with E-state index in [-0.39, 0.29) is 42.8 Å². The molecule has 0 bridgehead atoms. The Morgan fingerprint density at radius 1 is 1.13 bits per heavy atom. The van der Waals surface area contributed by atoms with Crippen LogP contribution in [0, 0.1) is 6.92 Å². The fourth-order valence-corrected chi connectivity index (χ4v) is 3.99. The molecule has 2 fully saturated rings.